The van der Waals surface area contributed by atoms with Crippen molar-refractivity contribution in [1.82, 2.24) is 0 Å². The summed E-state index contributed by atoms with van der Waals surface area (Å²) in [5, 5.41) is 10.3. The van der Waals surface area contributed by atoms with Gasteiger partial charge >= 0.3 is 0 Å². The van der Waals surface area contributed by atoms with Gasteiger partial charge in [-0.15, -0.1) is 0 Å². The summed E-state index contributed by atoms with van der Waals surface area (Å²) in [6.07, 6.45) is 0. The zero-order chi connectivity index (χ0) is 8.43. The molecular formula is C6H3BBrNO2. The average molecular weight is 212 g/mol. The fourth-order valence-electron chi connectivity index (χ4n) is 0.670. The molecule has 0 saturated heterocycles. The van der Waals surface area contributed by atoms with Crippen molar-refractivity contribution in [3.63, 3.8) is 0 Å². The van der Waals surface area contributed by atoms with E-state index in [2.05, 4.69) is 15.9 Å². The van der Waals surface area contributed by atoms with Crippen molar-refractivity contribution in [2.75, 3.05) is 0 Å². The highest BCUT2D eigenvalue weighted by atomic mass is 79.9. The van der Waals surface area contributed by atoms with Gasteiger partial charge in [0, 0.05) is 6.07 Å². The Morgan fingerprint density at radius 1 is 1.55 bits per heavy atom. The molecule has 0 aliphatic heterocycles. The van der Waals surface area contributed by atoms with Crippen molar-refractivity contribution >= 4 is 34.9 Å². The van der Waals surface area contributed by atoms with E-state index in [9.17, 15) is 10.1 Å². The molecule has 3 nitrogen and oxygen atoms in total. The summed E-state index contributed by atoms with van der Waals surface area (Å²) in [5.74, 6) is 0. The van der Waals surface area contributed by atoms with Gasteiger partial charge < -0.3 is 0 Å². The maximum absolute atomic E-state index is 10.3. The van der Waals surface area contributed by atoms with E-state index in [0.29, 0.717) is 9.94 Å². The lowest BCUT2D eigenvalue weighted by molar-refractivity contribution is -0.385. The Hall–Kier alpha value is -0.835. The van der Waals surface area contributed by atoms with Crippen LogP contribution in [0.1, 0.15) is 0 Å². The largest absolute Gasteiger partial charge is 0.282 e. The van der Waals surface area contributed by atoms with Gasteiger partial charge in [-0.05, 0) is 22.0 Å². The van der Waals surface area contributed by atoms with Crippen molar-refractivity contribution in [2.24, 2.45) is 0 Å². The third kappa shape index (κ3) is 1.80. The van der Waals surface area contributed by atoms with E-state index in [4.69, 9.17) is 7.85 Å². The first-order valence-corrected chi connectivity index (χ1v) is 3.60. The molecule has 0 aliphatic carbocycles. The lowest BCUT2D eigenvalue weighted by Gasteiger charge is -1.95. The van der Waals surface area contributed by atoms with E-state index in [1.807, 2.05) is 0 Å². The summed E-state index contributed by atoms with van der Waals surface area (Å²) in [6.45, 7) is 0. The summed E-state index contributed by atoms with van der Waals surface area (Å²) in [7, 11) is 5.34. The van der Waals surface area contributed by atoms with Gasteiger partial charge in [0.15, 0.2) is 0 Å². The number of benzene rings is 1. The van der Waals surface area contributed by atoms with Gasteiger partial charge in [-0.1, -0.05) is 11.5 Å². The molecule has 0 fully saturated rings. The SMILES string of the molecule is [B]c1ccc(Br)c([N+](=O)[O-])c1. The first-order chi connectivity index (χ1) is 5.11. The van der Waals surface area contributed by atoms with Crippen LogP contribution in [0.2, 0.25) is 0 Å². The summed E-state index contributed by atoms with van der Waals surface area (Å²) in [5.41, 5.74) is 0.380. The number of halogens is 1. The topological polar surface area (TPSA) is 43.1 Å². The second-order valence-electron chi connectivity index (χ2n) is 1.97. The van der Waals surface area contributed by atoms with Gasteiger partial charge in [-0.3, -0.25) is 10.1 Å². The van der Waals surface area contributed by atoms with E-state index in [1.54, 1.807) is 12.1 Å². The van der Waals surface area contributed by atoms with Crippen molar-refractivity contribution in [1.29, 1.82) is 0 Å². The molecule has 0 atom stereocenters. The molecule has 0 heterocycles. The smallest absolute Gasteiger partial charge is 0.258 e. The van der Waals surface area contributed by atoms with Gasteiger partial charge in [0.1, 0.15) is 7.85 Å². The molecular weight excluding hydrogens is 209 g/mol. The molecule has 0 amide bonds. The van der Waals surface area contributed by atoms with Crippen molar-refractivity contribution < 1.29 is 4.92 Å². The third-order valence-corrected chi connectivity index (χ3v) is 1.84. The van der Waals surface area contributed by atoms with Crippen LogP contribution in [0, 0.1) is 10.1 Å². The predicted octanol–water partition coefficient (Wildman–Crippen LogP) is 1.15. The lowest BCUT2D eigenvalue weighted by Crippen LogP contribution is -2.02. The first-order valence-electron chi connectivity index (χ1n) is 2.80. The molecule has 1 aromatic rings. The van der Waals surface area contributed by atoms with Crippen LogP contribution in [0.4, 0.5) is 5.69 Å². The molecule has 0 aliphatic rings. The molecule has 0 aromatic heterocycles. The highest BCUT2D eigenvalue weighted by molar-refractivity contribution is 9.10. The quantitative estimate of drug-likeness (QED) is 0.398. The van der Waals surface area contributed by atoms with Crippen LogP contribution in [-0.2, 0) is 0 Å². The maximum atomic E-state index is 10.3. The van der Waals surface area contributed by atoms with Crippen molar-refractivity contribution in [3.8, 4) is 0 Å². The van der Waals surface area contributed by atoms with Crippen LogP contribution in [0.5, 0.6) is 0 Å². The number of nitro groups is 1. The summed E-state index contributed by atoms with van der Waals surface area (Å²) >= 11 is 3.03. The lowest BCUT2D eigenvalue weighted by atomic mass is 9.96. The molecule has 0 spiro atoms. The van der Waals surface area contributed by atoms with Crippen molar-refractivity contribution in [2.45, 2.75) is 0 Å². The van der Waals surface area contributed by atoms with Crippen molar-refractivity contribution in [3.05, 3.63) is 32.8 Å². The minimum Gasteiger partial charge on any atom is -0.258 e. The van der Waals surface area contributed by atoms with E-state index < -0.39 is 4.92 Å². The van der Waals surface area contributed by atoms with Crippen LogP contribution in [-0.4, -0.2) is 12.8 Å². The Balaban J connectivity index is 3.23. The maximum Gasteiger partial charge on any atom is 0.282 e. The van der Waals surface area contributed by atoms with E-state index >= 15 is 0 Å². The number of rotatable bonds is 1. The van der Waals surface area contributed by atoms with Crippen LogP contribution >= 0.6 is 15.9 Å². The second kappa shape index (κ2) is 3.05. The van der Waals surface area contributed by atoms with Crippen LogP contribution in [0.3, 0.4) is 0 Å². The van der Waals surface area contributed by atoms with Crippen LogP contribution in [0.25, 0.3) is 0 Å². The number of hydrogen-bond acceptors (Lipinski definition) is 2. The van der Waals surface area contributed by atoms with Gasteiger partial charge in [0.2, 0.25) is 0 Å². The molecule has 54 valence electrons. The molecule has 1 rings (SSSR count). The molecule has 0 saturated carbocycles. The normalized spacial score (nSPS) is 9.55. The monoisotopic (exact) mass is 211 g/mol. The van der Waals surface area contributed by atoms with E-state index in [-0.39, 0.29) is 5.69 Å². The summed E-state index contributed by atoms with van der Waals surface area (Å²) in [6, 6.07) is 4.45. The molecule has 0 bridgehead atoms. The molecule has 1 aromatic carbocycles. The Labute approximate surface area is 73.1 Å². The summed E-state index contributed by atoms with van der Waals surface area (Å²) < 4.78 is 0.441. The Morgan fingerprint density at radius 2 is 2.18 bits per heavy atom. The summed E-state index contributed by atoms with van der Waals surface area (Å²) in [4.78, 5) is 9.81. The molecule has 11 heavy (non-hydrogen) atoms. The van der Waals surface area contributed by atoms with E-state index in [1.165, 1.54) is 6.07 Å². The van der Waals surface area contributed by atoms with Gasteiger partial charge in [-0.2, -0.15) is 0 Å². The third-order valence-electron chi connectivity index (χ3n) is 1.17. The minimum absolute atomic E-state index is 0.00926. The second-order valence-corrected chi connectivity index (χ2v) is 2.82. The Kier molecular flexibility index (Phi) is 2.29. The fourth-order valence-corrected chi connectivity index (χ4v) is 1.06. The van der Waals surface area contributed by atoms with Gasteiger partial charge in [0.25, 0.3) is 5.69 Å². The zero-order valence-electron chi connectivity index (χ0n) is 5.45. The Morgan fingerprint density at radius 3 is 2.64 bits per heavy atom. The first kappa shape index (κ1) is 8.26. The van der Waals surface area contributed by atoms with Crippen LogP contribution in [0.15, 0.2) is 22.7 Å². The highest BCUT2D eigenvalue weighted by Crippen LogP contribution is 2.21. The van der Waals surface area contributed by atoms with E-state index in [0.717, 1.165) is 0 Å². The van der Waals surface area contributed by atoms with Gasteiger partial charge in [-0.25, -0.2) is 0 Å². The number of nitro benzene ring substituents is 1. The number of nitrogens with zero attached hydrogens (tertiary/aromatic N) is 1. The number of hydrogen-bond donors (Lipinski definition) is 0. The Bertz CT molecular complexity index is 303. The fraction of sp³-hybridized carbons (Fsp3) is 0. The zero-order valence-corrected chi connectivity index (χ0v) is 7.04. The molecule has 2 radical (unpaired) electrons. The molecule has 5 heteroatoms. The van der Waals surface area contributed by atoms with Crippen LogP contribution < -0.4 is 5.46 Å². The standard InChI is InChI=1S/C6H3BBrNO2/c7-4-1-2-5(8)6(3-4)9(10)11/h1-3H. The highest BCUT2D eigenvalue weighted by Gasteiger charge is 2.09. The molecule has 0 N–H and O–H groups in total. The average Bonchev–Trinajstić information content (AvgIpc) is 1.94. The molecule has 0 unspecified atom stereocenters. The minimum atomic E-state index is -0.486. The predicted molar refractivity (Wildman–Crippen MR) is 46.2 cm³/mol. The van der Waals surface area contributed by atoms with Gasteiger partial charge in [0.05, 0.1) is 9.40 Å².